The molecule has 0 aromatic rings. The van der Waals surface area contributed by atoms with E-state index >= 15 is 0 Å². The fourth-order valence-electron chi connectivity index (χ4n) is 4.33. The van der Waals surface area contributed by atoms with Crippen LogP contribution in [-0.4, -0.2) is 36.6 Å². The summed E-state index contributed by atoms with van der Waals surface area (Å²) in [6.07, 6.45) is 9.89. The summed E-state index contributed by atoms with van der Waals surface area (Å²) in [7, 11) is 0. The summed E-state index contributed by atoms with van der Waals surface area (Å²) < 4.78 is 0. The Balaban J connectivity index is 1.99. The molecule has 2 heteroatoms. The first-order valence-electron chi connectivity index (χ1n) is 9.01. The van der Waals surface area contributed by atoms with Gasteiger partial charge in [-0.15, -0.1) is 0 Å². The largest absolute Gasteiger partial charge is 0.311 e. The molecule has 20 heavy (non-hydrogen) atoms. The molecular formula is C18H36N2. The number of hydrogen-bond acceptors (Lipinski definition) is 2. The van der Waals surface area contributed by atoms with E-state index in [1.54, 1.807) is 0 Å². The van der Waals surface area contributed by atoms with Gasteiger partial charge in [0.05, 0.1) is 0 Å². The van der Waals surface area contributed by atoms with E-state index in [2.05, 4.69) is 37.9 Å². The topological polar surface area (TPSA) is 15.3 Å². The first-order chi connectivity index (χ1) is 9.54. The smallest absolute Gasteiger partial charge is 0.0244 e. The van der Waals surface area contributed by atoms with Crippen LogP contribution in [0.5, 0.6) is 0 Å². The zero-order valence-electron chi connectivity index (χ0n) is 14.3. The van der Waals surface area contributed by atoms with E-state index in [0.29, 0.717) is 5.41 Å². The predicted octanol–water partition coefficient (Wildman–Crippen LogP) is 4.06. The molecule has 118 valence electrons. The molecule has 2 atom stereocenters. The minimum Gasteiger partial charge on any atom is -0.311 e. The van der Waals surface area contributed by atoms with Crippen LogP contribution in [-0.2, 0) is 0 Å². The Labute approximate surface area is 126 Å². The van der Waals surface area contributed by atoms with Gasteiger partial charge in [-0.3, -0.25) is 4.90 Å². The summed E-state index contributed by atoms with van der Waals surface area (Å²) >= 11 is 0. The molecule has 1 heterocycles. The molecule has 2 rings (SSSR count). The maximum absolute atomic E-state index is 3.79. The van der Waals surface area contributed by atoms with Crippen molar-refractivity contribution in [1.82, 2.24) is 10.2 Å². The molecule has 1 aliphatic carbocycles. The second-order valence-corrected chi connectivity index (χ2v) is 8.01. The third-order valence-electron chi connectivity index (χ3n) is 5.59. The van der Waals surface area contributed by atoms with Crippen LogP contribution in [0, 0.1) is 11.3 Å². The molecule has 0 spiro atoms. The third kappa shape index (κ3) is 4.21. The van der Waals surface area contributed by atoms with Crippen LogP contribution < -0.4 is 5.32 Å². The highest BCUT2D eigenvalue weighted by Gasteiger charge is 2.35. The molecular weight excluding hydrogens is 244 g/mol. The fourth-order valence-corrected chi connectivity index (χ4v) is 4.33. The van der Waals surface area contributed by atoms with Crippen LogP contribution in [0.4, 0.5) is 0 Å². The van der Waals surface area contributed by atoms with E-state index in [4.69, 9.17) is 0 Å². The van der Waals surface area contributed by atoms with Crippen LogP contribution in [0.15, 0.2) is 0 Å². The Morgan fingerprint density at radius 3 is 2.50 bits per heavy atom. The van der Waals surface area contributed by atoms with Crippen molar-refractivity contribution >= 4 is 0 Å². The Hall–Kier alpha value is -0.0800. The molecule has 0 aromatic carbocycles. The molecule has 0 bridgehead atoms. The summed E-state index contributed by atoms with van der Waals surface area (Å²) in [5.74, 6) is 0.761. The molecule has 1 saturated carbocycles. The van der Waals surface area contributed by atoms with Gasteiger partial charge >= 0.3 is 0 Å². The van der Waals surface area contributed by atoms with Crippen molar-refractivity contribution in [3.8, 4) is 0 Å². The number of hydrogen-bond donors (Lipinski definition) is 1. The van der Waals surface area contributed by atoms with Crippen molar-refractivity contribution in [3.63, 3.8) is 0 Å². The lowest BCUT2D eigenvalue weighted by molar-refractivity contribution is 0.0382. The van der Waals surface area contributed by atoms with Gasteiger partial charge in [0, 0.05) is 31.7 Å². The molecule has 1 N–H and O–H groups in total. The molecule has 2 unspecified atom stereocenters. The number of piperazine rings is 1. The molecule has 2 aliphatic rings. The van der Waals surface area contributed by atoms with Crippen molar-refractivity contribution < 1.29 is 0 Å². The Morgan fingerprint density at radius 1 is 1.20 bits per heavy atom. The molecule has 1 aliphatic heterocycles. The Kier molecular flexibility index (Phi) is 5.92. The van der Waals surface area contributed by atoms with Gasteiger partial charge in [-0.05, 0) is 30.6 Å². The average molecular weight is 280 g/mol. The molecule has 0 aromatic heterocycles. The monoisotopic (exact) mass is 280 g/mol. The molecule has 2 fully saturated rings. The minimum atomic E-state index is 0.583. The third-order valence-corrected chi connectivity index (χ3v) is 5.59. The van der Waals surface area contributed by atoms with Gasteiger partial charge in [-0.2, -0.15) is 0 Å². The molecule has 1 saturated heterocycles. The zero-order valence-corrected chi connectivity index (χ0v) is 14.3. The second kappa shape index (κ2) is 7.26. The lowest BCUT2D eigenvalue weighted by Gasteiger charge is -2.47. The fraction of sp³-hybridized carbons (Fsp3) is 1.00. The molecule has 0 amide bonds. The molecule has 0 radical (unpaired) electrons. The van der Waals surface area contributed by atoms with E-state index in [9.17, 15) is 0 Å². The van der Waals surface area contributed by atoms with Gasteiger partial charge in [-0.1, -0.05) is 53.4 Å². The summed E-state index contributed by atoms with van der Waals surface area (Å²) in [6.45, 7) is 13.4. The SMILES string of the molecule is CCCC1CN(CC2(C)CCCCC2)C(C(C)C)CN1. The first kappa shape index (κ1) is 16.3. The van der Waals surface area contributed by atoms with E-state index in [1.165, 1.54) is 64.6 Å². The summed E-state index contributed by atoms with van der Waals surface area (Å²) in [5, 5.41) is 3.79. The van der Waals surface area contributed by atoms with Gasteiger partial charge in [-0.25, -0.2) is 0 Å². The lowest BCUT2D eigenvalue weighted by Crippen LogP contribution is -2.60. The van der Waals surface area contributed by atoms with Crippen molar-refractivity contribution in [2.75, 3.05) is 19.6 Å². The number of nitrogens with zero attached hydrogens (tertiary/aromatic N) is 1. The van der Waals surface area contributed by atoms with E-state index in [1.807, 2.05) is 0 Å². The highest BCUT2D eigenvalue weighted by Crippen LogP contribution is 2.37. The van der Waals surface area contributed by atoms with Crippen LogP contribution in [0.2, 0.25) is 0 Å². The van der Waals surface area contributed by atoms with Crippen LogP contribution in [0.1, 0.15) is 72.6 Å². The zero-order chi connectivity index (χ0) is 14.6. The normalized spacial score (nSPS) is 31.6. The van der Waals surface area contributed by atoms with Gasteiger partial charge in [0.2, 0.25) is 0 Å². The standard InChI is InChI=1S/C18H36N2/c1-5-9-16-13-20(17(12-19-16)15(2)3)14-18(4)10-7-6-8-11-18/h15-17,19H,5-14H2,1-4H3. The van der Waals surface area contributed by atoms with Crippen molar-refractivity contribution in [3.05, 3.63) is 0 Å². The highest BCUT2D eigenvalue weighted by atomic mass is 15.2. The van der Waals surface area contributed by atoms with Gasteiger partial charge in [0.25, 0.3) is 0 Å². The van der Waals surface area contributed by atoms with Crippen molar-refractivity contribution in [2.45, 2.75) is 84.7 Å². The van der Waals surface area contributed by atoms with E-state index in [-0.39, 0.29) is 0 Å². The molecule has 2 nitrogen and oxygen atoms in total. The van der Waals surface area contributed by atoms with Gasteiger partial charge in [0.15, 0.2) is 0 Å². The maximum atomic E-state index is 3.79. The van der Waals surface area contributed by atoms with Gasteiger partial charge < -0.3 is 5.32 Å². The highest BCUT2D eigenvalue weighted by molar-refractivity contribution is 4.91. The van der Waals surface area contributed by atoms with Gasteiger partial charge in [0.1, 0.15) is 0 Å². The van der Waals surface area contributed by atoms with E-state index in [0.717, 1.165) is 18.0 Å². The lowest BCUT2D eigenvalue weighted by atomic mass is 9.74. The number of rotatable bonds is 5. The van der Waals surface area contributed by atoms with Crippen LogP contribution in [0.25, 0.3) is 0 Å². The van der Waals surface area contributed by atoms with Crippen LogP contribution in [0.3, 0.4) is 0 Å². The maximum Gasteiger partial charge on any atom is 0.0244 e. The summed E-state index contributed by atoms with van der Waals surface area (Å²) in [5.41, 5.74) is 0.583. The number of nitrogens with one attached hydrogen (secondary N) is 1. The van der Waals surface area contributed by atoms with Crippen molar-refractivity contribution in [1.29, 1.82) is 0 Å². The van der Waals surface area contributed by atoms with Crippen LogP contribution >= 0.6 is 0 Å². The van der Waals surface area contributed by atoms with Crippen molar-refractivity contribution in [2.24, 2.45) is 11.3 Å². The second-order valence-electron chi connectivity index (χ2n) is 8.01. The summed E-state index contributed by atoms with van der Waals surface area (Å²) in [6, 6.07) is 1.46. The Bertz CT molecular complexity index is 281. The quantitative estimate of drug-likeness (QED) is 0.817. The summed E-state index contributed by atoms with van der Waals surface area (Å²) in [4.78, 5) is 2.84. The predicted molar refractivity (Wildman–Crippen MR) is 88.1 cm³/mol. The first-order valence-corrected chi connectivity index (χ1v) is 9.01. The Morgan fingerprint density at radius 2 is 1.90 bits per heavy atom. The van der Waals surface area contributed by atoms with E-state index < -0.39 is 0 Å². The average Bonchev–Trinajstić information content (AvgIpc) is 2.39. The minimum absolute atomic E-state index is 0.583.